The number of amides is 1. The maximum absolute atomic E-state index is 12.4. The predicted octanol–water partition coefficient (Wildman–Crippen LogP) is 5.27. The van der Waals surface area contributed by atoms with Crippen molar-refractivity contribution in [3.8, 4) is 0 Å². The van der Waals surface area contributed by atoms with E-state index in [0.29, 0.717) is 17.1 Å². The predicted molar refractivity (Wildman–Crippen MR) is 141 cm³/mol. The third kappa shape index (κ3) is 6.98. The third-order valence-electron chi connectivity index (χ3n) is 6.93. The highest BCUT2D eigenvalue weighted by Gasteiger charge is 2.30. The molecule has 2 aromatic carbocycles. The van der Waals surface area contributed by atoms with Gasteiger partial charge in [-0.2, -0.15) is 0 Å². The Morgan fingerprint density at radius 2 is 2.06 bits per heavy atom. The summed E-state index contributed by atoms with van der Waals surface area (Å²) in [6.45, 7) is 6.27. The molecule has 2 saturated heterocycles. The van der Waals surface area contributed by atoms with Crippen LogP contribution in [0.2, 0.25) is 5.02 Å². The van der Waals surface area contributed by atoms with Gasteiger partial charge in [0.1, 0.15) is 0 Å². The molecule has 2 heterocycles. The van der Waals surface area contributed by atoms with Gasteiger partial charge in [0.15, 0.2) is 6.29 Å². The standard InChI is InChI=1S/C28H38ClN3O3/c1-3-15-30-28(33)24-13-12-22(18-25(24)29)31(2)26(21-9-5-4-6-10-21)20-32-16-14-23(19-32)35-27-11-7-8-17-34-27/h4-6,9-10,12-13,18,23,26-27H,3,7-8,11,14-17,19-20H2,1-2H3,(H,30,33)/t23-,26+,27?/m0/s1. The number of hydrogen-bond acceptors (Lipinski definition) is 5. The van der Waals surface area contributed by atoms with Crippen LogP contribution < -0.4 is 10.2 Å². The molecule has 0 bridgehead atoms. The van der Waals surface area contributed by atoms with Gasteiger partial charge in [-0.1, -0.05) is 48.9 Å². The number of carbonyl (C=O) groups is 1. The minimum Gasteiger partial charge on any atom is -0.366 e. The highest BCUT2D eigenvalue weighted by molar-refractivity contribution is 6.34. The molecular formula is C28H38ClN3O3. The molecular weight excluding hydrogens is 462 g/mol. The molecule has 6 nitrogen and oxygen atoms in total. The van der Waals surface area contributed by atoms with Crippen LogP contribution in [0.1, 0.15) is 61.0 Å². The molecule has 0 saturated carbocycles. The lowest BCUT2D eigenvalue weighted by Crippen LogP contribution is -2.37. The minimum atomic E-state index is -0.129. The number of anilines is 1. The number of ether oxygens (including phenoxy) is 2. The van der Waals surface area contributed by atoms with E-state index in [0.717, 1.165) is 57.6 Å². The van der Waals surface area contributed by atoms with Gasteiger partial charge in [-0.15, -0.1) is 0 Å². The average molecular weight is 500 g/mol. The van der Waals surface area contributed by atoms with E-state index in [1.165, 1.54) is 12.0 Å². The van der Waals surface area contributed by atoms with Gasteiger partial charge in [0.25, 0.3) is 5.91 Å². The summed E-state index contributed by atoms with van der Waals surface area (Å²) in [6, 6.07) is 16.4. The highest BCUT2D eigenvalue weighted by Crippen LogP contribution is 2.31. The van der Waals surface area contributed by atoms with Crippen molar-refractivity contribution in [2.24, 2.45) is 0 Å². The molecule has 0 aromatic heterocycles. The van der Waals surface area contributed by atoms with Crippen LogP contribution in [0.4, 0.5) is 5.69 Å². The number of rotatable bonds is 10. The molecule has 2 aliphatic heterocycles. The summed E-state index contributed by atoms with van der Waals surface area (Å²) in [5, 5.41) is 3.37. The van der Waals surface area contributed by atoms with Gasteiger partial charge in [0.05, 0.1) is 22.7 Å². The Balaban J connectivity index is 1.45. The summed E-state index contributed by atoms with van der Waals surface area (Å²) in [4.78, 5) is 17.2. The second-order valence-corrected chi connectivity index (χ2v) is 9.97. The lowest BCUT2D eigenvalue weighted by Gasteiger charge is -2.34. The first kappa shape index (κ1) is 26.0. The van der Waals surface area contributed by atoms with Gasteiger partial charge in [-0.05, 0) is 55.9 Å². The number of likely N-dealkylation sites (N-methyl/N-ethyl adjacent to an activating group) is 1. The molecule has 2 fully saturated rings. The zero-order valence-electron chi connectivity index (χ0n) is 20.9. The van der Waals surface area contributed by atoms with Crippen molar-refractivity contribution in [1.29, 1.82) is 0 Å². The zero-order chi connectivity index (χ0) is 24.6. The highest BCUT2D eigenvalue weighted by atomic mass is 35.5. The Hall–Kier alpha value is -2.12. The van der Waals surface area contributed by atoms with Gasteiger partial charge in [0, 0.05) is 45.5 Å². The van der Waals surface area contributed by atoms with Gasteiger partial charge in [-0.25, -0.2) is 0 Å². The van der Waals surface area contributed by atoms with Gasteiger partial charge in [-0.3, -0.25) is 9.69 Å². The topological polar surface area (TPSA) is 54.0 Å². The fourth-order valence-corrected chi connectivity index (χ4v) is 5.16. The fourth-order valence-electron chi connectivity index (χ4n) is 4.90. The normalized spacial score (nSPS) is 21.6. The molecule has 1 N–H and O–H groups in total. The lowest BCUT2D eigenvalue weighted by atomic mass is 10.0. The molecule has 3 atom stereocenters. The van der Waals surface area contributed by atoms with E-state index in [4.69, 9.17) is 21.1 Å². The first-order valence-electron chi connectivity index (χ1n) is 12.9. The summed E-state index contributed by atoms with van der Waals surface area (Å²) < 4.78 is 12.1. The number of hydrogen-bond donors (Lipinski definition) is 1. The molecule has 1 amide bonds. The number of nitrogens with one attached hydrogen (secondary N) is 1. The zero-order valence-corrected chi connectivity index (χ0v) is 21.7. The summed E-state index contributed by atoms with van der Waals surface area (Å²) in [7, 11) is 2.10. The van der Waals surface area contributed by atoms with E-state index >= 15 is 0 Å². The van der Waals surface area contributed by atoms with Crippen LogP contribution in [0.15, 0.2) is 48.5 Å². The van der Waals surface area contributed by atoms with Gasteiger partial charge >= 0.3 is 0 Å². The van der Waals surface area contributed by atoms with Crippen LogP contribution in [0.5, 0.6) is 0 Å². The summed E-state index contributed by atoms with van der Waals surface area (Å²) in [5.41, 5.74) is 2.74. The Morgan fingerprint density at radius 3 is 2.77 bits per heavy atom. The fraction of sp³-hybridized carbons (Fsp3) is 0.536. The van der Waals surface area contributed by atoms with Crippen molar-refractivity contribution in [2.75, 3.05) is 44.7 Å². The van der Waals surface area contributed by atoms with E-state index in [1.54, 1.807) is 0 Å². The van der Waals surface area contributed by atoms with Crippen molar-refractivity contribution in [3.63, 3.8) is 0 Å². The van der Waals surface area contributed by atoms with E-state index in [9.17, 15) is 4.79 Å². The van der Waals surface area contributed by atoms with Crippen LogP contribution in [0.25, 0.3) is 0 Å². The Labute approximate surface area is 214 Å². The van der Waals surface area contributed by atoms with Crippen LogP contribution in [0, 0.1) is 0 Å². The molecule has 2 aliphatic rings. The minimum absolute atomic E-state index is 0.0449. The number of nitrogens with zero attached hydrogens (tertiary/aromatic N) is 2. The quantitative estimate of drug-likeness (QED) is 0.482. The Kier molecular flexibility index (Phi) is 9.44. The molecule has 0 spiro atoms. The summed E-state index contributed by atoms with van der Waals surface area (Å²) in [5.74, 6) is -0.129. The first-order valence-corrected chi connectivity index (χ1v) is 13.3. The van der Waals surface area contributed by atoms with Crippen LogP contribution in [0.3, 0.4) is 0 Å². The van der Waals surface area contributed by atoms with Crippen LogP contribution in [-0.2, 0) is 9.47 Å². The molecule has 4 rings (SSSR count). The lowest BCUT2D eigenvalue weighted by molar-refractivity contribution is -0.185. The van der Waals surface area contributed by atoms with Crippen molar-refractivity contribution >= 4 is 23.2 Å². The molecule has 35 heavy (non-hydrogen) atoms. The second-order valence-electron chi connectivity index (χ2n) is 9.56. The monoisotopic (exact) mass is 499 g/mol. The van der Waals surface area contributed by atoms with Gasteiger partial charge < -0.3 is 19.7 Å². The third-order valence-corrected chi connectivity index (χ3v) is 7.25. The van der Waals surface area contributed by atoms with E-state index < -0.39 is 0 Å². The SMILES string of the molecule is CCCNC(=O)c1ccc(N(C)[C@H](CN2CC[C@H](OC3CCCCO3)C2)c2ccccc2)cc1Cl. The van der Waals surface area contributed by atoms with Gasteiger partial charge in [0.2, 0.25) is 0 Å². The molecule has 190 valence electrons. The average Bonchev–Trinajstić information content (AvgIpc) is 3.33. The van der Waals surface area contributed by atoms with Crippen molar-refractivity contribution in [3.05, 3.63) is 64.7 Å². The molecule has 2 aromatic rings. The summed E-state index contributed by atoms with van der Waals surface area (Å²) in [6.07, 6.45) is 5.41. The number of likely N-dealkylation sites (tertiary alicyclic amines) is 1. The van der Waals surface area contributed by atoms with E-state index in [1.807, 2.05) is 31.2 Å². The number of benzene rings is 2. The van der Waals surface area contributed by atoms with Crippen molar-refractivity contribution in [2.45, 2.75) is 57.5 Å². The van der Waals surface area contributed by atoms with E-state index in [-0.39, 0.29) is 24.3 Å². The molecule has 7 heteroatoms. The first-order chi connectivity index (χ1) is 17.0. The smallest absolute Gasteiger partial charge is 0.252 e. The maximum atomic E-state index is 12.4. The van der Waals surface area contributed by atoms with Crippen molar-refractivity contribution in [1.82, 2.24) is 10.2 Å². The second kappa shape index (κ2) is 12.7. The molecule has 0 aliphatic carbocycles. The largest absolute Gasteiger partial charge is 0.366 e. The Morgan fingerprint density at radius 1 is 1.23 bits per heavy atom. The van der Waals surface area contributed by atoms with Crippen LogP contribution in [-0.4, -0.2) is 63.0 Å². The molecule has 0 radical (unpaired) electrons. The van der Waals surface area contributed by atoms with E-state index in [2.05, 4.69) is 46.4 Å². The number of carbonyl (C=O) groups excluding carboxylic acids is 1. The molecule has 1 unspecified atom stereocenters. The Bertz CT molecular complexity index is 952. The van der Waals surface area contributed by atoms with Crippen LogP contribution >= 0.6 is 11.6 Å². The van der Waals surface area contributed by atoms with Crippen molar-refractivity contribution < 1.29 is 14.3 Å². The maximum Gasteiger partial charge on any atom is 0.252 e. The number of halogens is 1. The summed E-state index contributed by atoms with van der Waals surface area (Å²) >= 11 is 6.55.